The van der Waals surface area contributed by atoms with E-state index < -0.39 is 0 Å². The maximum atomic E-state index is 12.7. The Morgan fingerprint density at radius 1 is 1.19 bits per heavy atom. The molecular weight excluding hydrogens is 340 g/mol. The number of rotatable bonds is 7. The summed E-state index contributed by atoms with van der Waals surface area (Å²) in [7, 11) is 0. The number of amides is 1. The Labute approximate surface area is 161 Å². The molecule has 3 rings (SSSR count). The molecule has 2 atom stereocenters. The van der Waals surface area contributed by atoms with Crippen LogP contribution in [0, 0.1) is 5.92 Å². The number of benzene rings is 1. The minimum atomic E-state index is -0.114. The van der Waals surface area contributed by atoms with Gasteiger partial charge in [0.15, 0.2) is 0 Å². The first-order valence-corrected chi connectivity index (χ1v) is 10.0. The van der Waals surface area contributed by atoms with E-state index in [0.717, 1.165) is 43.2 Å². The Balaban J connectivity index is 1.62. The number of para-hydroxylation sites is 2. The third-order valence-corrected chi connectivity index (χ3v) is 5.35. The first-order valence-electron chi connectivity index (χ1n) is 10.0. The summed E-state index contributed by atoms with van der Waals surface area (Å²) in [6, 6.07) is 8.48. The molecular formula is C21H32N4O2. The summed E-state index contributed by atoms with van der Waals surface area (Å²) in [5.74, 6) is 1.34. The van der Waals surface area contributed by atoms with Crippen LogP contribution in [0.3, 0.4) is 0 Å². The maximum Gasteiger partial charge on any atom is 0.224 e. The summed E-state index contributed by atoms with van der Waals surface area (Å²) in [4.78, 5) is 19.8. The van der Waals surface area contributed by atoms with Crippen molar-refractivity contribution in [1.29, 1.82) is 0 Å². The van der Waals surface area contributed by atoms with Gasteiger partial charge in [-0.15, -0.1) is 0 Å². The summed E-state index contributed by atoms with van der Waals surface area (Å²) in [6.45, 7) is 13.2. The second-order valence-corrected chi connectivity index (χ2v) is 7.87. The number of aromatic nitrogens is 2. The molecule has 0 saturated carbocycles. The van der Waals surface area contributed by atoms with Crippen molar-refractivity contribution in [3.05, 3.63) is 30.1 Å². The molecule has 1 N–H and O–H groups in total. The van der Waals surface area contributed by atoms with Gasteiger partial charge >= 0.3 is 0 Å². The van der Waals surface area contributed by atoms with E-state index in [1.807, 2.05) is 25.1 Å². The monoisotopic (exact) mass is 372 g/mol. The molecule has 0 radical (unpaired) electrons. The van der Waals surface area contributed by atoms with E-state index >= 15 is 0 Å². The molecule has 2 aromatic rings. The van der Waals surface area contributed by atoms with Crippen molar-refractivity contribution in [2.45, 2.75) is 46.2 Å². The number of hydrogen-bond acceptors (Lipinski definition) is 4. The summed E-state index contributed by atoms with van der Waals surface area (Å²) < 4.78 is 7.60. The number of hydrogen-bond donors (Lipinski definition) is 1. The van der Waals surface area contributed by atoms with Crippen LogP contribution in [0.2, 0.25) is 0 Å². The molecule has 6 nitrogen and oxygen atoms in total. The van der Waals surface area contributed by atoms with Crippen LogP contribution >= 0.6 is 0 Å². The number of nitrogens with zero attached hydrogens (tertiary/aromatic N) is 3. The number of ether oxygens (including phenoxy) is 1. The lowest BCUT2D eigenvalue weighted by Crippen LogP contribution is -2.48. The van der Waals surface area contributed by atoms with E-state index in [-0.39, 0.29) is 11.8 Å². The molecule has 1 amide bonds. The average molecular weight is 373 g/mol. The van der Waals surface area contributed by atoms with E-state index in [2.05, 4.69) is 41.6 Å². The van der Waals surface area contributed by atoms with E-state index in [1.54, 1.807) is 0 Å². The molecule has 1 aliphatic rings. The number of nitrogens with one attached hydrogen (secondary N) is 1. The summed E-state index contributed by atoms with van der Waals surface area (Å²) >= 11 is 0. The minimum absolute atomic E-state index is 0.0996. The number of morpholine rings is 1. The zero-order valence-electron chi connectivity index (χ0n) is 16.9. The predicted molar refractivity (Wildman–Crippen MR) is 108 cm³/mol. The highest BCUT2D eigenvalue weighted by Gasteiger charge is 2.21. The molecule has 148 valence electrons. The number of fused-ring (bicyclic) bond motifs is 1. The standard InChI is InChI=1S/C21H32N4O2/c1-15(2)20-23-18-7-5-6-8-19(18)25(20)14-16(3)21(26)22-13-17(4)24-9-11-27-12-10-24/h5-8,15-17H,9-14H2,1-4H3,(H,22,26)/t16-,17+/m1/s1. The molecule has 2 heterocycles. The molecule has 0 bridgehead atoms. The summed E-state index contributed by atoms with van der Waals surface area (Å²) in [5, 5.41) is 3.13. The van der Waals surface area contributed by atoms with Crippen LogP contribution in [0.1, 0.15) is 39.4 Å². The fraction of sp³-hybridized carbons (Fsp3) is 0.619. The van der Waals surface area contributed by atoms with Gasteiger partial charge < -0.3 is 14.6 Å². The van der Waals surface area contributed by atoms with Gasteiger partial charge in [-0.25, -0.2) is 4.98 Å². The third-order valence-electron chi connectivity index (χ3n) is 5.35. The van der Waals surface area contributed by atoms with Gasteiger partial charge in [-0.3, -0.25) is 9.69 Å². The zero-order chi connectivity index (χ0) is 19.4. The topological polar surface area (TPSA) is 59.4 Å². The first kappa shape index (κ1) is 19.8. The molecule has 27 heavy (non-hydrogen) atoms. The smallest absolute Gasteiger partial charge is 0.224 e. The average Bonchev–Trinajstić information content (AvgIpc) is 3.05. The highest BCUT2D eigenvalue weighted by molar-refractivity contribution is 5.79. The minimum Gasteiger partial charge on any atom is -0.379 e. The Hall–Kier alpha value is -1.92. The second-order valence-electron chi connectivity index (χ2n) is 7.87. The van der Waals surface area contributed by atoms with Crippen LogP contribution in [-0.2, 0) is 16.1 Å². The van der Waals surface area contributed by atoms with Gasteiger partial charge in [0.1, 0.15) is 5.82 Å². The van der Waals surface area contributed by atoms with E-state index in [4.69, 9.17) is 9.72 Å². The van der Waals surface area contributed by atoms with Gasteiger partial charge in [0.05, 0.1) is 30.2 Å². The fourth-order valence-electron chi connectivity index (χ4n) is 3.65. The van der Waals surface area contributed by atoms with E-state index in [0.29, 0.717) is 25.0 Å². The molecule has 6 heteroatoms. The molecule has 0 spiro atoms. The van der Waals surface area contributed by atoms with Crippen LogP contribution in [0.5, 0.6) is 0 Å². The van der Waals surface area contributed by atoms with E-state index in [1.165, 1.54) is 0 Å². The first-order chi connectivity index (χ1) is 13.0. The van der Waals surface area contributed by atoms with Gasteiger partial charge in [-0.2, -0.15) is 0 Å². The van der Waals surface area contributed by atoms with Crippen molar-refractivity contribution in [3.8, 4) is 0 Å². The van der Waals surface area contributed by atoms with Crippen LogP contribution in [0.15, 0.2) is 24.3 Å². The second kappa shape index (κ2) is 8.85. The molecule has 1 aliphatic heterocycles. The van der Waals surface area contributed by atoms with Crippen molar-refractivity contribution < 1.29 is 9.53 Å². The molecule has 0 unspecified atom stereocenters. The van der Waals surface area contributed by atoms with Crippen molar-refractivity contribution in [3.63, 3.8) is 0 Å². The lowest BCUT2D eigenvalue weighted by molar-refractivity contribution is -0.125. The van der Waals surface area contributed by atoms with Gasteiger partial charge in [-0.05, 0) is 19.1 Å². The Kier molecular flexibility index (Phi) is 6.50. The van der Waals surface area contributed by atoms with Crippen molar-refractivity contribution >= 4 is 16.9 Å². The lowest BCUT2D eigenvalue weighted by Gasteiger charge is -2.32. The Morgan fingerprint density at radius 2 is 1.89 bits per heavy atom. The van der Waals surface area contributed by atoms with Crippen molar-refractivity contribution in [1.82, 2.24) is 19.8 Å². The van der Waals surface area contributed by atoms with Gasteiger partial charge in [-0.1, -0.05) is 32.9 Å². The third kappa shape index (κ3) is 4.68. The Morgan fingerprint density at radius 3 is 2.59 bits per heavy atom. The van der Waals surface area contributed by atoms with Gasteiger partial charge in [0.2, 0.25) is 5.91 Å². The van der Waals surface area contributed by atoms with E-state index in [9.17, 15) is 4.79 Å². The van der Waals surface area contributed by atoms with Crippen molar-refractivity contribution in [2.24, 2.45) is 5.92 Å². The predicted octanol–water partition coefficient (Wildman–Crippen LogP) is 2.63. The lowest BCUT2D eigenvalue weighted by atomic mass is 10.1. The number of imidazole rings is 1. The maximum absolute atomic E-state index is 12.7. The number of carbonyl (C=O) groups excluding carboxylic acids is 1. The molecule has 1 fully saturated rings. The fourth-order valence-corrected chi connectivity index (χ4v) is 3.65. The SMILES string of the molecule is CC(C)c1nc2ccccc2n1C[C@@H](C)C(=O)NC[C@H](C)N1CCOCC1. The largest absolute Gasteiger partial charge is 0.379 e. The molecule has 1 saturated heterocycles. The highest BCUT2D eigenvalue weighted by atomic mass is 16.5. The number of carbonyl (C=O) groups is 1. The normalized spacial score (nSPS) is 18.0. The van der Waals surface area contributed by atoms with Crippen LogP contribution in [-0.4, -0.2) is 59.2 Å². The summed E-state index contributed by atoms with van der Waals surface area (Å²) in [5.41, 5.74) is 2.09. The van der Waals surface area contributed by atoms with Crippen molar-refractivity contribution in [2.75, 3.05) is 32.8 Å². The summed E-state index contributed by atoms with van der Waals surface area (Å²) in [6.07, 6.45) is 0. The quantitative estimate of drug-likeness (QED) is 0.812. The van der Waals surface area contributed by atoms with Gasteiger partial charge in [0.25, 0.3) is 0 Å². The highest BCUT2D eigenvalue weighted by Crippen LogP contribution is 2.23. The van der Waals surface area contributed by atoms with Crippen LogP contribution < -0.4 is 5.32 Å². The van der Waals surface area contributed by atoms with Gasteiger partial charge in [0, 0.05) is 38.1 Å². The molecule has 1 aromatic heterocycles. The zero-order valence-corrected chi connectivity index (χ0v) is 16.9. The molecule has 0 aliphatic carbocycles. The molecule has 1 aromatic carbocycles. The Bertz CT molecular complexity index is 765. The van der Waals surface area contributed by atoms with Crippen LogP contribution in [0.25, 0.3) is 11.0 Å². The van der Waals surface area contributed by atoms with Crippen LogP contribution in [0.4, 0.5) is 0 Å².